The van der Waals surface area contributed by atoms with Crippen LogP contribution in [0.5, 0.6) is 0 Å². The zero-order valence-electron chi connectivity index (χ0n) is 7.10. The number of carbonyl (C=O) groups is 1. The Labute approximate surface area is 94.0 Å². The lowest BCUT2D eigenvalue weighted by atomic mass is 10.1. The summed E-state index contributed by atoms with van der Waals surface area (Å²) in [6.45, 7) is 2.05. The van der Waals surface area contributed by atoms with Crippen LogP contribution in [0.4, 0.5) is 5.69 Å². The molecule has 0 atom stereocenters. The van der Waals surface area contributed by atoms with Gasteiger partial charge in [0.05, 0.1) is 5.69 Å². The van der Waals surface area contributed by atoms with E-state index in [2.05, 4.69) is 37.2 Å². The van der Waals surface area contributed by atoms with E-state index in [1.165, 1.54) is 0 Å². The summed E-state index contributed by atoms with van der Waals surface area (Å²) < 4.78 is 1.90. The summed E-state index contributed by atoms with van der Waals surface area (Å²) >= 11 is 6.78. The molecule has 0 aromatic heterocycles. The van der Waals surface area contributed by atoms with Crippen LogP contribution in [0.2, 0.25) is 0 Å². The minimum Gasteiger partial charge on any atom is -0.327 e. The number of benzene rings is 1. The molecule has 13 heavy (non-hydrogen) atoms. The molecule has 1 rings (SSSR count). The number of hydrogen-bond donors (Lipinski definition) is 1. The molecule has 70 valence electrons. The number of rotatable bonds is 3. The second-order valence-electron chi connectivity index (χ2n) is 2.54. The van der Waals surface area contributed by atoms with Crippen LogP contribution in [0.3, 0.4) is 0 Å². The summed E-state index contributed by atoms with van der Waals surface area (Å²) in [5.74, 6) is 0. The van der Waals surface area contributed by atoms with Crippen LogP contribution in [-0.2, 0) is 11.2 Å². The fourth-order valence-electron chi connectivity index (χ4n) is 1.13. The minimum absolute atomic E-state index is 0.688. The third-order valence-electron chi connectivity index (χ3n) is 1.72. The van der Waals surface area contributed by atoms with E-state index in [1.807, 2.05) is 19.1 Å². The molecule has 2 nitrogen and oxygen atoms in total. The van der Waals surface area contributed by atoms with E-state index in [0.717, 1.165) is 26.6 Å². The number of aryl methyl sites for hydroxylation is 1. The van der Waals surface area contributed by atoms with E-state index in [1.54, 1.807) is 0 Å². The highest BCUT2D eigenvalue weighted by molar-refractivity contribution is 9.11. The molecule has 0 unspecified atom stereocenters. The molecule has 0 radical (unpaired) electrons. The van der Waals surface area contributed by atoms with Gasteiger partial charge in [-0.2, -0.15) is 0 Å². The average Bonchev–Trinajstić information content (AvgIpc) is 2.09. The van der Waals surface area contributed by atoms with Crippen LogP contribution in [0.15, 0.2) is 21.1 Å². The zero-order chi connectivity index (χ0) is 9.84. The molecule has 0 saturated carbocycles. The molecule has 0 bridgehead atoms. The van der Waals surface area contributed by atoms with Gasteiger partial charge >= 0.3 is 0 Å². The highest BCUT2D eigenvalue weighted by Crippen LogP contribution is 2.30. The monoisotopic (exact) mass is 305 g/mol. The lowest BCUT2D eigenvalue weighted by Crippen LogP contribution is -1.99. The lowest BCUT2D eigenvalue weighted by molar-refractivity contribution is -0.105. The zero-order valence-corrected chi connectivity index (χ0v) is 10.3. The van der Waals surface area contributed by atoms with Crippen molar-refractivity contribution in [3.63, 3.8) is 0 Å². The van der Waals surface area contributed by atoms with E-state index >= 15 is 0 Å². The van der Waals surface area contributed by atoms with Gasteiger partial charge in [-0.1, -0.05) is 22.9 Å². The summed E-state index contributed by atoms with van der Waals surface area (Å²) in [5.41, 5.74) is 1.95. The number of hydrogen-bond acceptors (Lipinski definition) is 1. The van der Waals surface area contributed by atoms with Gasteiger partial charge < -0.3 is 5.32 Å². The number of halogens is 2. The van der Waals surface area contributed by atoms with Crippen molar-refractivity contribution in [2.24, 2.45) is 0 Å². The highest BCUT2D eigenvalue weighted by Gasteiger charge is 2.05. The Morgan fingerprint density at radius 3 is 2.69 bits per heavy atom. The van der Waals surface area contributed by atoms with Crippen LogP contribution < -0.4 is 5.32 Å². The normalized spacial score (nSPS) is 9.77. The summed E-state index contributed by atoms with van der Waals surface area (Å²) in [5, 5.41) is 2.67. The molecule has 0 aliphatic heterocycles. The van der Waals surface area contributed by atoms with Gasteiger partial charge in [-0.25, -0.2) is 0 Å². The van der Waals surface area contributed by atoms with Gasteiger partial charge in [0.1, 0.15) is 0 Å². The predicted octanol–water partition coefficient (Wildman–Crippen LogP) is 3.34. The standard InChI is InChI=1S/C9H9Br2NO/c1-2-6-3-7(10)4-8(11)9(6)12-5-13/h3-5H,2H2,1H3,(H,12,13). The van der Waals surface area contributed by atoms with Gasteiger partial charge in [0.2, 0.25) is 6.41 Å². The molecule has 0 saturated heterocycles. The molecule has 0 spiro atoms. The fourth-order valence-corrected chi connectivity index (χ4v) is 2.55. The van der Waals surface area contributed by atoms with Crippen LogP contribution in [0.1, 0.15) is 12.5 Å². The fraction of sp³-hybridized carbons (Fsp3) is 0.222. The van der Waals surface area contributed by atoms with E-state index in [9.17, 15) is 4.79 Å². The van der Waals surface area contributed by atoms with Gasteiger partial charge in [0, 0.05) is 8.95 Å². The molecule has 1 N–H and O–H groups in total. The van der Waals surface area contributed by atoms with E-state index < -0.39 is 0 Å². The number of carbonyl (C=O) groups excluding carboxylic acids is 1. The van der Waals surface area contributed by atoms with Crippen molar-refractivity contribution in [3.8, 4) is 0 Å². The highest BCUT2D eigenvalue weighted by atomic mass is 79.9. The number of nitrogens with one attached hydrogen (secondary N) is 1. The summed E-state index contributed by atoms with van der Waals surface area (Å²) in [6, 6.07) is 3.90. The first kappa shape index (κ1) is 10.7. The molecule has 0 fully saturated rings. The minimum atomic E-state index is 0.688. The molecule has 1 amide bonds. The van der Waals surface area contributed by atoms with Gasteiger partial charge in [-0.05, 0) is 40.0 Å². The van der Waals surface area contributed by atoms with Crippen molar-refractivity contribution in [1.82, 2.24) is 0 Å². The molecule has 4 heteroatoms. The van der Waals surface area contributed by atoms with Gasteiger partial charge in [-0.3, -0.25) is 4.79 Å². The van der Waals surface area contributed by atoms with Crippen molar-refractivity contribution in [1.29, 1.82) is 0 Å². The first-order valence-corrected chi connectivity index (χ1v) is 5.45. The van der Waals surface area contributed by atoms with Gasteiger partial charge in [0.25, 0.3) is 0 Å². The number of anilines is 1. The summed E-state index contributed by atoms with van der Waals surface area (Å²) in [4.78, 5) is 10.3. The smallest absolute Gasteiger partial charge is 0.211 e. The third-order valence-corrected chi connectivity index (χ3v) is 2.80. The second kappa shape index (κ2) is 4.77. The van der Waals surface area contributed by atoms with Crippen LogP contribution in [-0.4, -0.2) is 6.41 Å². The lowest BCUT2D eigenvalue weighted by Gasteiger charge is -2.09. The molecule has 0 aliphatic carbocycles. The summed E-state index contributed by atoms with van der Waals surface area (Å²) in [7, 11) is 0. The molecule has 1 aromatic carbocycles. The van der Waals surface area contributed by atoms with E-state index in [0.29, 0.717) is 6.41 Å². The Bertz CT molecular complexity index is 326. The Kier molecular flexibility index (Phi) is 3.93. The molecular formula is C9H9Br2NO. The maximum atomic E-state index is 10.3. The second-order valence-corrected chi connectivity index (χ2v) is 4.31. The first-order valence-electron chi connectivity index (χ1n) is 3.87. The third kappa shape index (κ3) is 2.54. The Balaban J connectivity index is 3.20. The maximum absolute atomic E-state index is 10.3. The SMILES string of the molecule is CCc1cc(Br)cc(Br)c1NC=O. The molecular weight excluding hydrogens is 298 g/mol. The van der Waals surface area contributed by atoms with Crippen LogP contribution >= 0.6 is 31.9 Å². The van der Waals surface area contributed by atoms with Crippen LogP contribution in [0.25, 0.3) is 0 Å². The molecule has 0 aliphatic rings. The van der Waals surface area contributed by atoms with Crippen LogP contribution in [0, 0.1) is 0 Å². The van der Waals surface area contributed by atoms with Gasteiger partial charge in [-0.15, -0.1) is 0 Å². The Hall–Kier alpha value is -0.350. The van der Waals surface area contributed by atoms with Crippen molar-refractivity contribution in [2.45, 2.75) is 13.3 Å². The summed E-state index contributed by atoms with van der Waals surface area (Å²) in [6.07, 6.45) is 1.57. The van der Waals surface area contributed by atoms with Crippen molar-refractivity contribution < 1.29 is 4.79 Å². The first-order chi connectivity index (χ1) is 6.19. The Morgan fingerprint density at radius 1 is 1.46 bits per heavy atom. The van der Waals surface area contributed by atoms with E-state index in [-0.39, 0.29) is 0 Å². The quantitative estimate of drug-likeness (QED) is 0.853. The largest absolute Gasteiger partial charge is 0.327 e. The topological polar surface area (TPSA) is 29.1 Å². The molecule has 1 aromatic rings. The average molecular weight is 307 g/mol. The van der Waals surface area contributed by atoms with Gasteiger partial charge in [0.15, 0.2) is 0 Å². The predicted molar refractivity (Wildman–Crippen MR) is 60.9 cm³/mol. The van der Waals surface area contributed by atoms with Crippen molar-refractivity contribution in [3.05, 3.63) is 26.6 Å². The number of amides is 1. The molecule has 0 heterocycles. The maximum Gasteiger partial charge on any atom is 0.211 e. The van der Waals surface area contributed by atoms with Crippen molar-refractivity contribution >= 4 is 44.0 Å². The van der Waals surface area contributed by atoms with E-state index in [4.69, 9.17) is 0 Å². The van der Waals surface area contributed by atoms with Crippen molar-refractivity contribution in [2.75, 3.05) is 5.32 Å². The Morgan fingerprint density at radius 2 is 2.15 bits per heavy atom.